The summed E-state index contributed by atoms with van der Waals surface area (Å²) in [6.45, 7) is 0. The molecule has 144 valence electrons. The highest BCUT2D eigenvalue weighted by molar-refractivity contribution is 7.99. The quantitative estimate of drug-likeness (QED) is 0.592. The molecule has 0 aliphatic rings. The van der Waals surface area contributed by atoms with Gasteiger partial charge in [0.05, 0.1) is 18.6 Å². The number of imide groups is 1. The van der Waals surface area contributed by atoms with Gasteiger partial charge in [-0.15, -0.1) is 5.10 Å². The number of rotatable bonds is 6. The summed E-state index contributed by atoms with van der Waals surface area (Å²) in [5.74, 6) is 0.141. The van der Waals surface area contributed by atoms with E-state index in [4.69, 9.17) is 16.3 Å². The molecule has 0 saturated heterocycles. The van der Waals surface area contributed by atoms with Crippen LogP contribution in [0.4, 0.5) is 10.5 Å². The van der Waals surface area contributed by atoms with E-state index >= 15 is 0 Å². The van der Waals surface area contributed by atoms with Crippen LogP contribution >= 0.6 is 23.4 Å². The fourth-order valence-electron chi connectivity index (χ4n) is 2.14. The normalized spacial score (nSPS) is 10.4. The molecule has 0 saturated carbocycles. The fourth-order valence-corrected chi connectivity index (χ4v) is 2.96. The molecule has 0 atom stereocenters. The highest BCUT2D eigenvalue weighted by Crippen LogP contribution is 2.19. The summed E-state index contributed by atoms with van der Waals surface area (Å²) in [5, 5.41) is 17.2. The summed E-state index contributed by atoms with van der Waals surface area (Å²) >= 11 is 6.97. The number of methoxy groups -OCH3 is 1. The predicted octanol–water partition coefficient (Wildman–Crippen LogP) is 2.76. The molecule has 3 aromatic rings. The molecule has 0 unspecified atom stereocenters. The Morgan fingerprint density at radius 1 is 1.14 bits per heavy atom. The van der Waals surface area contributed by atoms with E-state index in [1.165, 1.54) is 4.68 Å². The van der Waals surface area contributed by atoms with Gasteiger partial charge in [-0.25, -0.2) is 4.79 Å². The lowest BCUT2D eigenvalue weighted by atomic mass is 10.3. The summed E-state index contributed by atoms with van der Waals surface area (Å²) in [6, 6.07) is 13.0. The van der Waals surface area contributed by atoms with Crippen LogP contribution < -0.4 is 15.4 Å². The average Bonchev–Trinajstić information content (AvgIpc) is 3.16. The van der Waals surface area contributed by atoms with Crippen LogP contribution in [-0.2, 0) is 4.79 Å². The number of nitrogens with zero attached hydrogens (tertiary/aromatic N) is 4. The van der Waals surface area contributed by atoms with Crippen LogP contribution in [0.25, 0.3) is 5.69 Å². The van der Waals surface area contributed by atoms with Gasteiger partial charge in [-0.3, -0.25) is 10.1 Å². The van der Waals surface area contributed by atoms with Crippen molar-refractivity contribution in [1.82, 2.24) is 25.5 Å². The van der Waals surface area contributed by atoms with Gasteiger partial charge in [0, 0.05) is 10.7 Å². The van der Waals surface area contributed by atoms with Crippen molar-refractivity contribution < 1.29 is 14.3 Å². The monoisotopic (exact) mass is 418 g/mol. The second kappa shape index (κ2) is 9.20. The first-order chi connectivity index (χ1) is 13.5. The number of tetrazole rings is 1. The van der Waals surface area contributed by atoms with E-state index in [1.54, 1.807) is 55.6 Å². The van der Waals surface area contributed by atoms with Crippen molar-refractivity contribution in [3.63, 3.8) is 0 Å². The van der Waals surface area contributed by atoms with Crippen molar-refractivity contribution in [2.75, 3.05) is 18.2 Å². The molecular formula is C17H15ClN6O3S. The van der Waals surface area contributed by atoms with E-state index in [-0.39, 0.29) is 5.75 Å². The topological polar surface area (TPSA) is 111 Å². The van der Waals surface area contributed by atoms with E-state index in [2.05, 4.69) is 26.2 Å². The van der Waals surface area contributed by atoms with Gasteiger partial charge in [-0.2, -0.15) is 4.68 Å². The maximum Gasteiger partial charge on any atom is 0.325 e. The highest BCUT2D eigenvalue weighted by atomic mass is 35.5. The number of halogens is 1. The zero-order valence-corrected chi connectivity index (χ0v) is 16.2. The Hall–Kier alpha value is -3.11. The first-order valence-electron chi connectivity index (χ1n) is 7.97. The molecule has 3 rings (SSSR count). The van der Waals surface area contributed by atoms with Gasteiger partial charge in [0.1, 0.15) is 5.75 Å². The largest absolute Gasteiger partial charge is 0.497 e. The molecule has 0 fully saturated rings. The van der Waals surface area contributed by atoms with Crippen molar-refractivity contribution in [2.45, 2.75) is 5.16 Å². The first-order valence-corrected chi connectivity index (χ1v) is 9.33. The minimum atomic E-state index is -0.631. The molecule has 0 radical (unpaired) electrons. The number of carbonyl (C=O) groups is 2. The second-order valence-corrected chi connectivity index (χ2v) is 6.75. The van der Waals surface area contributed by atoms with Gasteiger partial charge in [-0.1, -0.05) is 23.4 Å². The molecule has 28 heavy (non-hydrogen) atoms. The molecule has 2 aromatic carbocycles. The average molecular weight is 419 g/mol. The van der Waals surface area contributed by atoms with Gasteiger partial charge in [-0.05, 0) is 59.0 Å². The molecule has 11 heteroatoms. The minimum absolute atomic E-state index is 0.0377. The predicted molar refractivity (Wildman–Crippen MR) is 105 cm³/mol. The van der Waals surface area contributed by atoms with Crippen LogP contribution in [0.2, 0.25) is 5.02 Å². The van der Waals surface area contributed by atoms with Crippen molar-refractivity contribution in [3.8, 4) is 11.4 Å². The molecule has 0 aliphatic carbocycles. The Morgan fingerprint density at radius 3 is 2.54 bits per heavy atom. The number of anilines is 1. The van der Waals surface area contributed by atoms with Gasteiger partial charge >= 0.3 is 6.03 Å². The van der Waals surface area contributed by atoms with E-state index < -0.39 is 11.9 Å². The lowest BCUT2D eigenvalue weighted by molar-refractivity contribution is -0.117. The van der Waals surface area contributed by atoms with Crippen LogP contribution in [0.3, 0.4) is 0 Å². The smallest absolute Gasteiger partial charge is 0.325 e. The number of carbonyl (C=O) groups excluding carboxylic acids is 2. The standard InChI is InChI=1S/C17H15ClN6O3S/c1-27-14-8-4-12(5-9-14)19-16(26)20-15(25)10-28-17-21-22-23-24(17)13-6-2-11(18)3-7-13/h2-9H,10H2,1H3,(H2,19,20,25,26). The van der Waals surface area contributed by atoms with Crippen molar-refractivity contribution in [1.29, 1.82) is 0 Å². The Kier molecular flexibility index (Phi) is 6.45. The molecule has 2 N–H and O–H groups in total. The van der Waals surface area contributed by atoms with E-state index in [9.17, 15) is 9.59 Å². The molecule has 1 heterocycles. The third kappa shape index (κ3) is 5.21. The zero-order chi connectivity index (χ0) is 19.9. The molecule has 9 nitrogen and oxygen atoms in total. The number of aromatic nitrogens is 4. The molecular weight excluding hydrogens is 404 g/mol. The van der Waals surface area contributed by atoms with Gasteiger partial charge in [0.2, 0.25) is 11.1 Å². The Morgan fingerprint density at radius 2 is 1.86 bits per heavy atom. The lowest BCUT2D eigenvalue weighted by Gasteiger charge is -2.07. The Balaban J connectivity index is 1.52. The summed E-state index contributed by atoms with van der Waals surface area (Å²) in [4.78, 5) is 23.9. The Bertz CT molecular complexity index is 962. The van der Waals surface area contributed by atoms with E-state index in [1.807, 2.05) is 0 Å². The van der Waals surface area contributed by atoms with Crippen LogP contribution in [0.15, 0.2) is 53.7 Å². The number of hydrogen-bond acceptors (Lipinski definition) is 7. The number of hydrogen-bond donors (Lipinski definition) is 2. The number of ether oxygens (including phenoxy) is 1. The maximum absolute atomic E-state index is 12.0. The highest BCUT2D eigenvalue weighted by Gasteiger charge is 2.13. The molecule has 0 aliphatic heterocycles. The van der Waals surface area contributed by atoms with Gasteiger partial charge in [0.25, 0.3) is 0 Å². The van der Waals surface area contributed by atoms with Crippen molar-refractivity contribution in [3.05, 3.63) is 53.6 Å². The summed E-state index contributed by atoms with van der Waals surface area (Å²) in [7, 11) is 1.55. The number of amides is 3. The van der Waals surface area contributed by atoms with Crippen LogP contribution in [0.1, 0.15) is 0 Å². The minimum Gasteiger partial charge on any atom is -0.497 e. The number of thioether (sulfide) groups is 1. The van der Waals surface area contributed by atoms with E-state index in [0.29, 0.717) is 27.3 Å². The van der Waals surface area contributed by atoms with Gasteiger partial charge < -0.3 is 10.1 Å². The number of urea groups is 1. The SMILES string of the molecule is COc1ccc(NC(=O)NC(=O)CSc2nnnn2-c2ccc(Cl)cc2)cc1. The third-order valence-corrected chi connectivity index (χ3v) is 4.62. The van der Waals surface area contributed by atoms with Crippen LogP contribution in [-0.4, -0.2) is 45.0 Å². The number of nitrogens with one attached hydrogen (secondary N) is 2. The van der Waals surface area contributed by atoms with E-state index in [0.717, 1.165) is 11.8 Å². The molecule has 1 aromatic heterocycles. The summed E-state index contributed by atoms with van der Waals surface area (Å²) in [6.07, 6.45) is 0. The number of benzene rings is 2. The first kappa shape index (κ1) is 19.6. The lowest BCUT2D eigenvalue weighted by Crippen LogP contribution is -2.35. The van der Waals surface area contributed by atoms with Crippen LogP contribution in [0.5, 0.6) is 5.75 Å². The summed E-state index contributed by atoms with van der Waals surface area (Å²) < 4.78 is 6.52. The maximum atomic E-state index is 12.0. The fraction of sp³-hybridized carbons (Fsp3) is 0.118. The zero-order valence-electron chi connectivity index (χ0n) is 14.6. The third-order valence-electron chi connectivity index (χ3n) is 3.45. The summed E-state index contributed by atoms with van der Waals surface area (Å²) in [5.41, 5.74) is 1.24. The van der Waals surface area contributed by atoms with Crippen LogP contribution in [0, 0.1) is 0 Å². The van der Waals surface area contributed by atoms with Crippen molar-refractivity contribution >= 4 is 41.0 Å². The molecule has 0 spiro atoms. The molecule has 3 amide bonds. The van der Waals surface area contributed by atoms with Crippen molar-refractivity contribution in [2.24, 2.45) is 0 Å². The van der Waals surface area contributed by atoms with Gasteiger partial charge in [0.15, 0.2) is 0 Å². The molecule has 0 bridgehead atoms. The second-order valence-electron chi connectivity index (χ2n) is 5.37. The Labute approximate surface area is 169 Å².